The highest BCUT2D eigenvalue weighted by molar-refractivity contribution is 6.11. The first-order chi connectivity index (χ1) is 37.2. The Bertz CT molecular complexity index is 4170. The van der Waals surface area contributed by atoms with Gasteiger partial charge in [-0.3, -0.25) is 0 Å². The number of benzene rings is 12. The van der Waals surface area contributed by atoms with Crippen LogP contribution in [0.15, 0.2) is 303 Å². The van der Waals surface area contributed by atoms with Crippen LogP contribution in [0, 0.1) is 0 Å². The normalized spacial score (nSPS) is 12.4. The van der Waals surface area contributed by atoms with Crippen molar-refractivity contribution in [2.75, 3.05) is 4.90 Å². The lowest BCUT2D eigenvalue weighted by Crippen LogP contribution is -2.28. The average Bonchev–Trinajstić information content (AvgIpc) is 4.05. The molecule has 352 valence electrons. The average molecular weight is 955 g/mol. The molecule has 0 saturated carbocycles. The van der Waals surface area contributed by atoms with E-state index < -0.39 is 5.41 Å². The summed E-state index contributed by atoms with van der Waals surface area (Å²) < 4.78 is 2.49. The number of rotatable bonds is 10. The van der Waals surface area contributed by atoms with Crippen molar-refractivity contribution in [2.24, 2.45) is 0 Å². The lowest BCUT2D eigenvalue weighted by molar-refractivity contribution is 0.767. The molecule has 0 bridgehead atoms. The molecule has 0 radical (unpaired) electrons. The third-order valence-corrected chi connectivity index (χ3v) is 15.5. The fraction of sp³-hybridized carbons (Fsp3) is 0.0137. The van der Waals surface area contributed by atoms with Gasteiger partial charge in [0.2, 0.25) is 0 Å². The molecule has 2 heteroatoms. The van der Waals surface area contributed by atoms with Crippen molar-refractivity contribution in [3.63, 3.8) is 0 Å². The molecule has 0 N–H and O–H groups in total. The molecule has 1 aliphatic carbocycles. The van der Waals surface area contributed by atoms with E-state index in [1.54, 1.807) is 0 Å². The van der Waals surface area contributed by atoms with Crippen LogP contribution in [0.1, 0.15) is 22.3 Å². The summed E-state index contributed by atoms with van der Waals surface area (Å²) in [5.74, 6) is 0. The monoisotopic (exact) mass is 954 g/mol. The van der Waals surface area contributed by atoms with E-state index in [1.165, 1.54) is 77.5 Å². The zero-order valence-electron chi connectivity index (χ0n) is 41.3. The summed E-state index contributed by atoms with van der Waals surface area (Å²) in [7, 11) is 0. The molecule has 0 amide bonds. The summed E-state index contributed by atoms with van der Waals surface area (Å²) in [5.41, 5.74) is 23.3. The van der Waals surface area contributed by atoms with Gasteiger partial charge < -0.3 is 9.47 Å². The molecule has 0 unspecified atom stereocenters. The van der Waals surface area contributed by atoms with Gasteiger partial charge in [0.05, 0.1) is 22.1 Å². The van der Waals surface area contributed by atoms with Crippen LogP contribution in [-0.4, -0.2) is 4.57 Å². The van der Waals surface area contributed by atoms with Gasteiger partial charge in [0.25, 0.3) is 0 Å². The minimum absolute atomic E-state index is 0.510. The summed E-state index contributed by atoms with van der Waals surface area (Å²) in [5, 5.41) is 2.45. The largest absolute Gasteiger partial charge is 0.310 e. The number of aromatic nitrogens is 1. The van der Waals surface area contributed by atoms with E-state index in [0.29, 0.717) is 0 Å². The van der Waals surface area contributed by atoms with Crippen molar-refractivity contribution in [1.29, 1.82) is 0 Å². The maximum absolute atomic E-state index is 2.49. The van der Waals surface area contributed by atoms with Gasteiger partial charge >= 0.3 is 0 Å². The second-order valence-electron chi connectivity index (χ2n) is 19.5. The predicted molar refractivity (Wildman–Crippen MR) is 315 cm³/mol. The highest BCUT2D eigenvalue weighted by Gasteiger charge is 2.46. The minimum atomic E-state index is -0.510. The van der Waals surface area contributed by atoms with Crippen LogP contribution < -0.4 is 4.90 Å². The third-order valence-electron chi connectivity index (χ3n) is 15.5. The van der Waals surface area contributed by atoms with Crippen molar-refractivity contribution in [2.45, 2.75) is 5.41 Å². The second kappa shape index (κ2) is 18.4. The van der Waals surface area contributed by atoms with Crippen LogP contribution in [-0.2, 0) is 5.41 Å². The molecule has 13 aromatic rings. The van der Waals surface area contributed by atoms with Crippen LogP contribution in [0.3, 0.4) is 0 Å². The van der Waals surface area contributed by atoms with Crippen LogP contribution in [0.5, 0.6) is 0 Å². The van der Waals surface area contributed by atoms with E-state index >= 15 is 0 Å². The maximum atomic E-state index is 2.49. The number of para-hydroxylation sites is 3. The van der Waals surface area contributed by atoms with Crippen LogP contribution in [0.4, 0.5) is 17.1 Å². The third kappa shape index (κ3) is 7.25. The van der Waals surface area contributed by atoms with E-state index in [4.69, 9.17) is 0 Å². The highest BCUT2D eigenvalue weighted by Crippen LogP contribution is 2.57. The zero-order chi connectivity index (χ0) is 49.7. The molecule has 1 heterocycles. The fourth-order valence-corrected chi connectivity index (χ4v) is 12.3. The van der Waals surface area contributed by atoms with Gasteiger partial charge in [0.1, 0.15) is 0 Å². The van der Waals surface area contributed by atoms with Crippen molar-refractivity contribution in [1.82, 2.24) is 4.57 Å². The van der Waals surface area contributed by atoms with Crippen molar-refractivity contribution >= 4 is 38.9 Å². The Morgan fingerprint density at radius 1 is 0.267 bits per heavy atom. The standard InChI is InChI=1S/C73H50N2/c1-5-23-51(24-6-1)59-31-13-14-32-60(59)52-41-44-57(45-42-52)74(56-29-11-4-12-30-56)70-39-21-18-36-65(70)62-34-16-15-33-61(62)53-43-47-67-66-37-19-22-40-71(66)75(72(67)49-53)58-46-48-64-63-35-17-20-38-68(63)73(69(64)50-58,54-25-7-2-8-26-54)55-27-9-3-10-28-55/h1-50H. The molecular weight excluding hydrogens is 905 g/mol. The molecule has 1 aliphatic rings. The molecule has 0 saturated heterocycles. The van der Waals surface area contributed by atoms with Crippen LogP contribution >= 0.6 is 0 Å². The fourth-order valence-electron chi connectivity index (χ4n) is 12.3. The first kappa shape index (κ1) is 44.0. The Labute approximate surface area is 438 Å². The quantitative estimate of drug-likeness (QED) is 0.133. The Kier molecular flexibility index (Phi) is 10.8. The van der Waals surface area contributed by atoms with Gasteiger partial charge in [-0.2, -0.15) is 0 Å². The number of nitrogens with zero attached hydrogens (tertiary/aromatic N) is 2. The van der Waals surface area contributed by atoms with E-state index in [0.717, 1.165) is 45.0 Å². The lowest BCUT2D eigenvalue weighted by atomic mass is 9.67. The SMILES string of the molecule is c1ccc(-c2ccccc2-c2ccc(N(c3ccccc3)c3ccccc3-c3ccccc3-c3ccc4c5ccccc5n(-c5ccc6c(c5)C(c5ccccc5)(c5ccccc5)c5ccccc5-6)c4c3)cc2)cc1. The molecule has 75 heavy (non-hydrogen) atoms. The van der Waals surface area contributed by atoms with E-state index in [-0.39, 0.29) is 0 Å². The van der Waals surface area contributed by atoms with Crippen molar-refractivity contribution in [3.05, 3.63) is 326 Å². The molecule has 0 fully saturated rings. The van der Waals surface area contributed by atoms with Gasteiger partial charge in [-0.25, -0.2) is 0 Å². The summed E-state index contributed by atoms with van der Waals surface area (Å²) in [6.07, 6.45) is 0. The molecule has 12 aromatic carbocycles. The predicted octanol–water partition coefficient (Wildman–Crippen LogP) is 19.3. The molecule has 0 atom stereocenters. The Morgan fingerprint density at radius 2 is 0.733 bits per heavy atom. The number of anilines is 3. The summed E-state index contributed by atoms with van der Waals surface area (Å²) in [6.45, 7) is 0. The van der Waals surface area contributed by atoms with Gasteiger partial charge in [-0.05, 0) is 127 Å². The highest BCUT2D eigenvalue weighted by atomic mass is 15.1. The first-order valence-corrected chi connectivity index (χ1v) is 25.9. The van der Waals surface area contributed by atoms with Crippen LogP contribution in [0.25, 0.3) is 83.1 Å². The van der Waals surface area contributed by atoms with E-state index in [9.17, 15) is 0 Å². The van der Waals surface area contributed by atoms with E-state index in [2.05, 4.69) is 313 Å². The smallest absolute Gasteiger partial charge is 0.0714 e. The van der Waals surface area contributed by atoms with Crippen molar-refractivity contribution < 1.29 is 0 Å². The molecule has 0 spiro atoms. The summed E-state index contributed by atoms with van der Waals surface area (Å²) in [6, 6.07) is 111. The number of hydrogen-bond acceptors (Lipinski definition) is 1. The molecule has 14 rings (SSSR count). The second-order valence-corrected chi connectivity index (χ2v) is 19.5. The van der Waals surface area contributed by atoms with Gasteiger partial charge in [-0.1, -0.05) is 249 Å². The number of hydrogen-bond donors (Lipinski definition) is 0. The lowest BCUT2D eigenvalue weighted by Gasteiger charge is -2.34. The molecule has 1 aromatic heterocycles. The van der Waals surface area contributed by atoms with Crippen molar-refractivity contribution in [3.8, 4) is 61.3 Å². The van der Waals surface area contributed by atoms with E-state index in [1.807, 2.05) is 0 Å². The zero-order valence-corrected chi connectivity index (χ0v) is 41.3. The Balaban J connectivity index is 0.917. The van der Waals surface area contributed by atoms with Gasteiger partial charge in [0, 0.05) is 33.4 Å². The number of fused-ring (bicyclic) bond motifs is 6. The minimum Gasteiger partial charge on any atom is -0.310 e. The summed E-state index contributed by atoms with van der Waals surface area (Å²) in [4.78, 5) is 2.40. The maximum Gasteiger partial charge on any atom is 0.0714 e. The summed E-state index contributed by atoms with van der Waals surface area (Å²) >= 11 is 0. The molecule has 0 aliphatic heterocycles. The Morgan fingerprint density at radius 3 is 1.41 bits per heavy atom. The molecular formula is C73H50N2. The first-order valence-electron chi connectivity index (χ1n) is 25.9. The molecule has 2 nitrogen and oxygen atoms in total. The van der Waals surface area contributed by atoms with Gasteiger partial charge in [-0.15, -0.1) is 0 Å². The van der Waals surface area contributed by atoms with Gasteiger partial charge in [0.15, 0.2) is 0 Å². The topological polar surface area (TPSA) is 8.17 Å². The Hall–Kier alpha value is -9.76. The van der Waals surface area contributed by atoms with Crippen LogP contribution in [0.2, 0.25) is 0 Å².